The number of hydrogen-bond acceptors (Lipinski definition) is 3. The van der Waals surface area contributed by atoms with E-state index in [9.17, 15) is 0 Å². The molecule has 2 aliphatic rings. The predicted molar refractivity (Wildman–Crippen MR) is 94.2 cm³/mol. The monoisotopic (exact) mass is 373 g/mol. The standard InChI is InChI=1S/C19H20BrNO2/c1-21(2)11-13-10-15-14-5-3-4-6-17(14)23-18-8-7-12(20)9-16(18)19(15)22-13/h3-9,13,15,19H,10-11H2,1-2H3/t13-,15+,19-/m0/s1. The van der Waals surface area contributed by atoms with E-state index in [0.29, 0.717) is 5.92 Å². The summed E-state index contributed by atoms with van der Waals surface area (Å²) in [6.07, 6.45) is 1.32. The highest BCUT2D eigenvalue weighted by atomic mass is 79.9. The highest BCUT2D eigenvalue weighted by Gasteiger charge is 2.41. The van der Waals surface area contributed by atoms with Crippen LogP contribution in [0.2, 0.25) is 0 Å². The van der Waals surface area contributed by atoms with Gasteiger partial charge in [-0.1, -0.05) is 34.1 Å². The highest BCUT2D eigenvalue weighted by Crippen LogP contribution is 2.53. The minimum Gasteiger partial charge on any atom is -0.457 e. The molecule has 0 saturated carbocycles. The number of fused-ring (bicyclic) bond motifs is 5. The molecule has 1 saturated heterocycles. The van der Waals surface area contributed by atoms with Gasteiger partial charge in [-0.25, -0.2) is 0 Å². The lowest BCUT2D eigenvalue weighted by molar-refractivity contribution is 0.0271. The van der Waals surface area contributed by atoms with Crippen LogP contribution in [0.15, 0.2) is 46.9 Å². The Morgan fingerprint density at radius 2 is 1.87 bits per heavy atom. The van der Waals surface area contributed by atoms with Gasteiger partial charge in [-0.05, 0) is 44.8 Å². The van der Waals surface area contributed by atoms with Crippen LogP contribution in [0.5, 0.6) is 11.5 Å². The topological polar surface area (TPSA) is 21.7 Å². The molecule has 0 unspecified atom stereocenters. The first kappa shape index (κ1) is 15.2. The number of hydrogen-bond donors (Lipinski definition) is 0. The van der Waals surface area contributed by atoms with Gasteiger partial charge in [0.2, 0.25) is 0 Å². The first-order chi connectivity index (χ1) is 11.1. The van der Waals surface area contributed by atoms with Gasteiger partial charge in [0.1, 0.15) is 11.5 Å². The average Bonchev–Trinajstić information content (AvgIpc) is 2.87. The predicted octanol–water partition coefficient (Wildman–Crippen LogP) is 4.73. The van der Waals surface area contributed by atoms with E-state index in [2.05, 4.69) is 59.2 Å². The van der Waals surface area contributed by atoms with E-state index in [1.807, 2.05) is 18.2 Å². The summed E-state index contributed by atoms with van der Waals surface area (Å²) in [6, 6.07) is 14.5. The van der Waals surface area contributed by atoms with Gasteiger partial charge in [0.05, 0.1) is 12.2 Å². The minimum absolute atomic E-state index is 0.0519. The Morgan fingerprint density at radius 1 is 1.09 bits per heavy atom. The quantitative estimate of drug-likeness (QED) is 0.759. The third kappa shape index (κ3) is 2.80. The Labute approximate surface area is 145 Å². The lowest BCUT2D eigenvalue weighted by Crippen LogP contribution is -2.25. The van der Waals surface area contributed by atoms with E-state index < -0.39 is 0 Å². The number of rotatable bonds is 2. The molecule has 2 aliphatic heterocycles. The Morgan fingerprint density at radius 3 is 2.70 bits per heavy atom. The summed E-state index contributed by atoms with van der Waals surface area (Å²) in [5.41, 5.74) is 2.40. The van der Waals surface area contributed by atoms with E-state index in [0.717, 1.165) is 34.5 Å². The molecule has 0 aromatic heterocycles. The summed E-state index contributed by atoms with van der Waals surface area (Å²) in [5.74, 6) is 2.20. The van der Waals surface area contributed by atoms with Gasteiger partial charge in [-0.3, -0.25) is 0 Å². The molecule has 0 bridgehead atoms. The zero-order valence-electron chi connectivity index (χ0n) is 13.3. The fourth-order valence-electron chi connectivity index (χ4n) is 3.70. The molecule has 3 atom stereocenters. The van der Waals surface area contributed by atoms with Crippen molar-refractivity contribution < 1.29 is 9.47 Å². The summed E-state index contributed by atoms with van der Waals surface area (Å²) in [7, 11) is 4.19. The smallest absolute Gasteiger partial charge is 0.133 e. The fraction of sp³-hybridized carbons (Fsp3) is 0.368. The largest absolute Gasteiger partial charge is 0.457 e. The molecule has 2 heterocycles. The van der Waals surface area contributed by atoms with Crippen molar-refractivity contribution in [2.75, 3.05) is 20.6 Å². The summed E-state index contributed by atoms with van der Waals surface area (Å²) >= 11 is 3.58. The van der Waals surface area contributed by atoms with Gasteiger partial charge in [0, 0.05) is 28.1 Å². The second-order valence-corrected chi connectivity index (χ2v) is 7.52. The van der Waals surface area contributed by atoms with E-state index in [1.165, 1.54) is 5.56 Å². The number of nitrogens with zero attached hydrogens (tertiary/aromatic N) is 1. The first-order valence-corrected chi connectivity index (χ1v) is 8.77. The number of benzene rings is 2. The van der Waals surface area contributed by atoms with Gasteiger partial charge in [-0.2, -0.15) is 0 Å². The maximum absolute atomic E-state index is 6.45. The molecule has 0 amide bonds. The van der Waals surface area contributed by atoms with E-state index in [1.54, 1.807) is 0 Å². The summed E-state index contributed by atoms with van der Waals surface area (Å²) < 4.78 is 13.7. The maximum Gasteiger partial charge on any atom is 0.133 e. The molecular formula is C19H20BrNO2. The molecule has 2 aromatic rings. The Balaban J connectivity index is 1.80. The SMILES string of the molecule is CN(C)C[C@@H]1C[C@@H]2c3ccccc3Oc3ccc(Br)cc3[C@H]2O1. The minimum atomic E-state index is 0.0519. The number of halogens is 1. The van der Waals surface area contributed by atoms with Crippen LogP contribution in [0.4, 0.5) is 0 Å². The molecule has 3 nitrogen and oxygen atoms in total. The van der Waals surface area contributed by atoms with Crippen molar-refractivity contribution in [3.05, 3.63) is 58.1 Å². The normalized spacial score (nSPS) is 25.3. The van der Waals surface area contributed by atoms with Gasteiger partial charge in [0.15, 0.2) is 0 Å². The van der Waals surface area contributed by atoms with Crippen molar-refractivity contribution in [2.45, 2.75) is 24.5 Å². The molecule has 0 N–H and O–H groups in total. The van der Waals surface area contributed by atoms with Crippen LogP contribution in [0.1, 0.15) is 29.6 Å². The molecule has 1 fully saturated rings. The third-order valence-corrected chi connectivity index (χ3v) is 5.10. The number of ether oxygens (including phenoxy) is 2. The molecule has 2 aromatic carbocycles. The molecule has 120 valence electrons. The molecule has 0 radical (unpaired) electrons. The second kappa shape index (κ2) is 5.93. The van der Waals surface area contributed by atoms with E-state index in [-0.39, 0.29) is 12.2 Å². The van der Waals surface area contributed by atoms with Gasteiger partial charge >= 0.3 is 0 Å². The lowest BCUT2D eigenvalue weighted by Gasteiger charge is -2.19. The van der Waals surface area contributed by atoms with Gasteiger partial charge in [0.25, 0.3) is 0 Å². The lowest BCUT2D eigenvalue weighted by atomic mass is 9.87. The van der Waals surface area contributed by atoms with Crippen molar-refractivity contribution in [3.8, 4) is 11.5 Å². The van der Waals surface area contributed by atoms with Crippen molar-refractivity contribution >= 4 is 15.9 Å². The van der Waals surface area contributed by atoms with Crippen LogP contribution in [-0.4, -0.2) is 31.6 Å². The Bertz CT molecular complexity index is 731. The average molecular weight is 374 g/mol. The summed E-state index contributed by atoms with van der Waals surface area (Å²) in [4.78, 5) is 2.19. The zero-order chi connectivity index (χ0) is 16.0. The van der Waals surface area contributed by atoms with Crippen LogP contribution < -0.4 is 4.74 Å². The van der Waals surface area contributed by atoms with Crippen LogP contribution in [0, 0.1) is 0 Å². The molecular weight excluding hydrogens is 354 g/mol. The van der Waals surface area contributed by atoms with Crippen molar-refractivity contribution in [2.24, 2.45) is 0 Å². The Hall–Kier alpha value is -1.36. The van der Waals surface area contributed by atoms with Crippen molar-refractivity contribution in [1.29, 1.82) is 0 Å². The number of likely N-dealkylation sites (N-methyl/N-ethyl adjacent to an activating group) is 1. The van der Waals surface area contributed by atoms with Crippen LogP contribution in [-0.2, 0) is 4.74 Å². The van der Waals surface area contributed by atoms with Gasteiger partial charge in [-0.15, -0.1) is 0 Å². The Kier molecular flexibility index (Phi) is 3.92. The molecule has 4 heteroatoms. The molecule has 23 heavy (non-hydrogen) atoms. The zero-order valence-corrected chi connectivity index (χ0v) is 14.9. The van der Waals surface area contributed by atoms with Crippen LogP contribution in [0.25, 0.3) is 0 Å². The fourth-order valence-corrected chi connectivity index (χ4v) is 4.08. The van der Waals surface area contributed by atoms with Crippen molar-refractivity contribution in [3.63, 3.8) is 0 Å². The second-order valence-electron chi connectivity index (χ2n) is 6.61. The molecule has 0 aliphatic carbocycles. The first-order valence-electron chi connectivity index (χ1n) is 7.98. The maximum atomic E-state index is 6.45. The summed E-state index contributed by atoms with van der Waals surface area (Å²) in [5, 5.41) is 0. The molecule has 4 rings (SSSR count). The number of para-hydroxylation sites is 1. The summed E-state index contributed by atoms with van der Waals surface area (Å²) in [6.45, 7) is 0.944. The molecule has 0 spiro atoms. The van der Waals surface area contributed by atoms with Gasteiger partial charge < -0.3 is 14.4 Å². The highest BCUT2D eigenvalue weighted by molar-refractivity contribution is 9.10. The van der Waals surface area contributed by atoms with E-state index in [4.69, 9.17) is 9.47 Å². The van der Waals surface area contributed by atoms with E-state index >= 15 is 0 Å². The van der Waals surface area contributed by atoms with Crippen molar-refractivity contribution in [1.82, 2.24) is 4.90 Å². The van der Waals surface area contributed by atoms with Crippen LogP contribution >= 0.6 is 15.9 Å². The van der Waals surface area contributed by atoms with Crippen LogP contribution in [0.3, 0.4) is 0 Å². The third-order valence-electron chi connectivity index (χ3n) is 4.61.